The van der Waals surface area contributed by atoms with E-state index in [1.165, 1.54) is 23.2 Å². The number of aromatic nitrogens is 2. The maximum absolute atomic E-state index is 12.4. The van der Waals surface area contributed by atoms with Gasteiger partial charge in [-0.2, -0.15) is 5.10 Å². The van der Waals surface area contributed by atoms with Crippen molar-refractivity contribution >= 4 is 23.7 Å². The van der Waals surface area contributed by atoms with E-state index in [1.807, 2.05) is 36.4 Å². The first kappa shape index (κ1) is 22.8. The first-order valence-electron chi connectivity index (χ1n) is 10.7. The number of hydrogen-bond acceptors (Lipinski definition) is 5. The molecular formula is C25H24N4O5. The standard InChI is InChI=1S/C25H24N4O5/c1-2-11-28(15-24(31)32)23(30)14-29-13-17(12-26-29)27-25(33)34-16-22-20-9-5-3-7-18(20)19-8-4-6-10-21(19)22/h2-10,12-13,22H,1,11,14-16H2,(H,27,33)(H,31,32). The van der Waals surface area contributed by atoms with E-state index in [0.717, 1.165) is 27.2 Å². The lowest BCUT2D eigenvalue weighted by atomic mass is 9.98. The van der Waals surface area contributed by atoms with Crippen LogP contribution in [0.1, 0.15) is 17.0 Å². The van der Waals surface area contributed by atoms with E-state index in [-0.39, 0.29) is 25.6 Å². The van der Waals surface area contributed by atoms with Gasteiger partial charge in [-0.25, -0.2) is 4.79 Å². The van der Waals surface area contributed by atoms with Gasteiger partial charge in [0.05, 0.1) is 11.9 Å². The van der Waals surface area contributed by atoms with Crippen molar-refractivity contribution in [2.45, 2.75) is 12.5 Å². The quantitative estimate of drug-likeness (QED) is 0.474. The van der Waals surface area contributed by atoms with E-state index in [9.17, 15) is 14.4 Å². The summed E-state index contributed by atoms with van der Waals surface area (Å²) in [5.41, 5.74) is 4.89. The number of carboxylic acid groups (broad SMARTS) is 1. The van der Waals surface area contributed by atoms with Crippen LogP contribution in [0.3, 0.4) is 0 Å². The van der Waals surface area contributed by atoms with E-state index in [2.05, 4.69) is 29.1 Å². The number of amides is 2. The number of carboxylic acids is 1. The molecule has 0 unspecified atom stereocenters. The van der Waals surface area contributed by atoms with Gasteiger partial charge in [0.1, 0.15) is 19.7 Å². The summed E-state index contributed by atoms with van der Waals surface area (Å²) in [6.07, 6.45) is 3.69. The highest BCUT2D eigenvalue weighted by molar-refractivity contribution is 5.85. The topological polar surface area (TPSA) is 114 Å². The molecule has 9 nitrogen and oxygen atoms in total. The molecule has 1 heterocycles. The average molecular weight is 460 g/mol. The van der Waals surface area contributed by atoms with Crippen molar-refractivity contribution in [2.75, 3.05) is 25.0 Å². The molecule has 0 saturated carbocycles. The van der Waals surface area contributed by atoms with Crippen molar-refractivity contribution in [2.24, 2.45) is 0 Å². The summed E-state index contributed by atoms with van der Waals surface area (Å²) in [5.74, 6) is -1.60. The van der Waals surface area contributed by atoms with Gasteiger partial charge in [-0.3, -0.25) is 19.6 Å². The molecule has 0 spiro atoms. The molecule has 4 rings (SSSR count). The molecule has 2 amide bonds. The van der Waals surface area contributed by atoms with Crippen LogP contribution in [-0.4, -0.2) is 57.5 Å². The number of carbonyl (C=O) groups excluding carboxylic acids is 2. The number of nitrogens with zero attached hydrogens (tertiary/aromatic N) is 3. The van der Waals surface area contributed by atoms with Crippen LogP contribution in [-0.2, 0) is 20.9 Å². The summed E-state index contributed by atoms with van der Waals surface area (Å²) in [6.45, 7) is 3.21. The monoisotopic (exact) mass is 460 g/mol. The number of nitrogens with one attached hydrogen (secondary N) is 1. The Morgan fingerprint density at radius 2 is 1.76 bits per heavy atom. The lowest BCUT2D eigenvalue weighted by molar-refractivity contribution is -0.144. The molecule has 0 atom stereocenters. The Labute approximate surface area is 196 Å². The van der Waals surface area contributed by atoms with Crippen molar-refractivity contribution in [1.82, 2.24) is 14.7 Å². The Morgan fingerprint density at radius 1 is 1.12 bits per heavy atom. The second-order valence-electron chi connectivity index (χ2n) is 7.83. The second kappa shape index (κ2) is 10.0. The molecule has 0 fully saturated rings. The van der Waals surface area contributed by atoms with Crippen LogP contribution in [0.25, 0.3) is 11.1 Å². The number of anilines is 1. The molecular weight excluding hydrogens is 436 g/mol. The third-order valence-corrected chi connectivity index (χ3v) is 5.55. The predicted molar refractivity (Wildman–Crippen MR) is 125 cm³/mol. The zero-order valence-corrected chi connectivity index (χ0v) is 18.4. The number of benzene rings is 2. The molecule has 3 aromatic rings. The molecule has 0 radical (unpaired) electrons. The number of fused-ring (bicyclic) bond motifs is 3. The Morgan fingerprint density at radius 3 is 2.38 bits per heavy atom. The van der Waals surface area contributed by atoms with Gasteiger partial charge >= 0.3 is 12.1 Å². The van der Waals surface area contributed by atoms with Crippen LogP contribution >= 0.6 is 0 Å². The fourth-order valence-electron chi connectivity index (χ4n) is 4.08. The van der Waals surface area contributed by atoms with Crippen LogP contribution < -0.4 is 5.32 Å². The van der Waals surface area contributed by atoms with Crippen molar-refractivity contribution in [3.63, 3.8) is 0 Å². The molecule has 2 aromatic carbocycles. The van der Waals surface area contributed by atoms with E-state index < -0.39 is 24.5 Å². The molecule has 174 valence electrons. The van der Waals surface area contributed by atoms with Crippen molar-refractivity contribution < 1.29 is 24.2 Å². The lowest BCUT2D eigenvalue weighted by Crippen LogP contribution is -2.38. The third kappa shape index (κ3) is 4.98. The van der Waals surface area contributed by atoms with Gasteiger partial charge in [0.2, 0.25) is 5.91 Å². The number of carbonyl (C=O) groups is 3. The van der Waals surface area contributed by atoms with Crippen molar-refractivity contribution in [3.8, 4) is 11.1 Å². The fourth-order valence-corrected chi connectivity index (χ4v) is 4.08. The van der Waals surface area contributed by atoms with Gasteiger partial charge in [0.25, 0.3) is 0 Å². The van der Waals surface area contributed by atoms with Crippen LogP contribution in [0.2, 0.25) is 0 Å². The maximum Gasteiger partial charge on any atom is 0.411 e. The minimum Gasteiger partial charge on any atom is -0.480 e. The van der Waals surface area contributed by atoms with Crippen LogP contribution in [0, 0.1) is 0 Å². The lowest BCUT2D eigenvalue weighted by Gasteiger charge is -2.18. The van der Waals surface area contributed by atoms with Gasteiger partial charge in [-0.1, -0.05) is 54.6 Å². The van der Waals surface area contributed by atoms with E-state index in [4.69, 9.17) is 9.84 Å². The SMILES string of the molecule is C=CCN(CC(=O)O)C(=O)Cn1cc(NC(=O)OCC2c3ccccc3-c3ccccc32)cn1. The van der Waals surface area contributed by atoms with E-state index in [0.29, 0.717) is 5.69 Å². The maximum atomic E-state index is 12.4. The van der Waals surface area contributed by atoms with Gasteiger partial charge in [-0.15, -0.1) is 6.58 Å². The van der Waals surface area contributed by atoms with Crippen LogP contribution in [0.15, 0.2) is 73.6 Å². The van der Waals surface area contributed by atoms with Gasteiger partial charge in [0, 0.05) is 18.7 Å². The molecule has 1 aliphatic carbocycles. The molecule has 9 heteroatoms. The number of aliphatic carboxylic acids is 1. The molecule has 0 bridgehead atoms. The summed E-state index contributed by atoms with van der Waals surface area (Å²) in [7, 11) is 0. The number of hydrogen-bond donors (Lipinski definition) is 2. The summed E-state index contributed by atoms with van der Waals surface area (Å²) < 4.78 is 6.83. The second-order valence-corrected chi connectivity index (χ2v) is 7.83. The minimum absolute atomic E-state index is 0.0522. The molecule has 1 aromatic heterocycles. The highest BCUT2D eigenvalue weighted by Crippen LogP contribution is 2.44. The molecule has 0 saturated heterocycles. The third-order valence-electron chi connectivity index (χ3n) is 5.55. The van der Waals surface area contributed by atoms with E-state index in [1.54, 1.807) is 0 Å². The van der Waals surface area contributed by atoms with Crippen molar-refractivity contribution in [3.05, 3.63) is 84.7 Å². The zero-order valence-electron chi connectivity index (χ0n) is 18.4. The van der Waals surface area contributed by atoms with Crippen molar-refractivity contribution in [1.29, 1.82) is 0 Å². The number of rotatable bonds is 9. The molecule has 34 heavy (non-hydrogen) atoms. The normalized spacial score (nSPS) is 11.9. The van der Waals surface area contributed by atoms with Crippen LogP contribution in [0.5, 0.6) is 0 Å². The summed E-state index contributed by atoms with van der Waals surface area (Å²) in [6, 6.07) is 16.1. The Bertz CT molecular complexity index is 1190. The molecule has 2 N–H and O–H groups in total. The van der Waals surface area contributed by atoms with Crippen LogP contribution in [0.4, 0.5) is 10.5 Å². The fraction of sp³-hybridized carbons (Fsp3) is 0.200. The van der Waals surface area contributed by atoms with Gasteiger partial charge in [-0.05, 0) is 22.3 Å². The highest BCUT2D eigenvalue weighted by Gasteiger charge is 2.29. The predicted octanol–water partition coefficient (Wildman–Crippen LogP) is 3.34. The summed E-state index contributed by atoms with van der Waals surface area (Å²) >= 11 is 0. The van der Waals surface area contributed by atoms with E-state index >= 15 is 0 Å². The van der Waals surface area contributed by atoms with Gasteiger partial charge in [0.15, 0.2) is 0 Å². The molecule has 1 aliphatic rings. The smallest absolute Gasteiger partial charge is 0.411 e. The highest BCUT2D eigenvalue weighted by atomic mass is 16.5. The zero-order chi connectivity index (χ0) is 24.1. The Balaban J connectivity index is 1.35. The molecule has 0 aliphatic heterocycles. The Hall–Kier alpha value is -4.40. The average Bonchev–Trinajstić information content (AvgIpc) is 3.39. The first-order valence-corrected chi connectivity index (χ1v) is 10.7. The summed E-state index contributed by atoms with van der Waals surface area (Å²) in [4.78, 5) is 36.9. The number of ether oxygens (including phenoxy) is 1. The van der Waals surface area contributed by atoms with Gasteiger partial charge < -0.3 is 14.7 Å². The Kier molecular flexibility index (Phi) is 6.72. The minimum atomic E-state index is -1.12. The largest absolute Gasteiger partial charge is 0.480 e. The summed E-state index contributed by atoms with van der Waals surface area (Å²) in [5, 5.41) is 15.6. The first-order chi connectivity index (χ1) is 16.5.